The Balaban J connectivity index is 2.62. The largest absolute Gasteiger partial charge is 0.469 e. The van der Waals surface area contributed by atoms with Crippen LogP contribution in [0.25, 0.3) is 0 Å². The molecule has 0 amide bonds. The highest BCUT2D eigenvalue weighted by molar-refractivity contribution is 5.87. The van der Waals surface area contributed by atoms with Crippen LogP contribution in [0.15, 0.2) is 23.3 Å². The van der Waals surface area contributed by atoms with Crippen molar-refractivity contribution in [3.63, 3.8) is 0 Å². The summed E-state index contributed by atoms with van der Waals surface area (Å²) in [6.07, 6.45) is 1.79. The molecular weight excluding hydrogens is 865 g/mol. The van der Waals surface area contributed by atoms with Crippen LogP contribution in [0.3, 0.4) is 0 Å². The van der Waals surface area contributed by atoms with Crippen LogP contribution < -0.4 is 0 Å². The van der Waals surface area contributed by atoms with Gasteiger partial charge in [-0.25, -0.2) is 4.79 Å². The molecule has 0 aromatic carbocycles. The average molecular weight is 951 g/mol. The van der Waals surface area contributed by atoms with E-state index in [4.69, 9.17) is 37.9 Å². The second-order valence-corrected chi connectivity index (χ2v) is 20.5. The lowest BCUT2D eigenvalue weighted by Crippen LogP contribution is -2.57. The first-order valence-electron chi connectivity index (χ1n) is 24.6. The Morgan fingerprint density at radius 3 is 1.79 bits per heavy atom. The fourth-order valence-corrected chi connectivity index (χ4v) is 9.32. The van der Waals surface area contributed by atoms with Gasteiger partial charge in [-0.3, -0.25) is 24.0 Å². The number of allylic oxidation sites excluding steroid dienone is 1. The molecule has 0 saturated carbocycles. The standard InChI is InChI=1S/C52H86O15/c1-16-44(54)63-40(21-20-36(10)51(59)61-15)38(12)50(62-39(13)53)42(64-46(56)22-30(2)3)27-37(11)49(65-47(57)23-31(4)5)43-25-34(8)29-52(67-43)28-33(7)24-41(66-52)48(58)35(9)19-17-18-32(6)26-45(55)60-14/h19-20,30-34,37-38,40-43,48-50,58H,16-18,21-29H2,1-15H3/b35-19+,36-20+/t32?,33-,34?,37?,38?,40?,41?,42?,43?,48?,49?,50?,52?/m0/s1. The molecule has 0 aromatic heterocycles. The van der Waals surface area contributed by atoms with Gasteiger partial charge in [0.05, 0.1) is 26.4 Å². The van der Waals surface area contributed by atoms with Crippen molar-refractivity contribution in [1.29, 1.82) is 0 Å². The molecule has 15 nitrogen and oxygen atoms in total. The highest BCUT2D eigenvalue weighted by Crippen LogP contribution is 2.46. The molecule has 0 aromatic rings. The van der Waals surface area contributed by atoms with Crippen LogP contribution >= 0.6 is 0 Å². The maximum Gasteiger partial charge on any atom is 0.333 e. The molecule has 1 spiro atoms. The molecule has 0 aliphatic carbocycles. The van der Waals surface area contributed by atoms with Gasteiger partial charge in [-0.1, -0.05) is 81.4 Å². The van der Waals surface area contributed by atoms with Crippen LogP contribution in [0.4, 0.5) is 0 Å². The Kier molecular flexibility index (Phi) is 25.3. The van der Waals surface area contributed by atoms with Crippen molar-refractivity contribution < 1.29 is 71.8 Å². The highest BCUT2D eigenvalue weighted by atomic mass is 16.7. The molecular formula is C52H86O15. The smallest absolute Gasteiger partial charge is 0.333 e. The minimum Gasteiger partial charge on any atom is -0.469 e. The molecule has 13 atom stereocenters. The second-order valence-electron chi connectivity index (χ2n) is 20.5. The molecule has 2 aliphatic rings. The van der Waals surface area contributed by atoms with Crippen LogP contribution in [-0.2, 0) is 66.7 Å². The fourth-order valence-electron chi connectivity index (χ4n) is 9.32. The summed E-state index contributed by atoms with van der Waals surface area (Å²) in [5.74, 6) is -5.11. The SMILES string of the molecule is CCC(=O)OC(C/C=C(\C)C(=O)OC)C(C)C(OC(C)=O)C(CC(C)C(OC(=O)CC(C)C)C1CC(C)CC2(C[C@@H](C)CC(C(O)/C(C)=C/CCC(C)CC(=O)OC)O2)O1)OC(=O)CC(C)C. The van der Waals surface area contributed by atoms with Gasteiger partial charge in [-0.2, -0.15) is 0 Å². The second kappa shape index (κ2) is 28.6. The highest BCUT2D eigenvalue weighted by Gasteiger charge is 2.51. The van der Waals surface area contributed by atoms with Crippen LogP contribution in [0, 0.1) is 41.4 Å². The summed E-state index contributed by atoms with van der Waals surface area (Å²) < 4.78 is 48.2. The summed E-state index contributed by atoms with van der Waals surface area (Å²) in [6, 6.07) is 0. The number of aliphatic hydroxyl groups is 1. The van der Waals surface area contributed by atoms with Crippen LogP contribution in [0.1, 0.15) is 167 Å². The van der Waals surface area contributed by atoms with Gasteiger partial charge in [-0.05, 0) is 87.0 Å². The van der Waals surface area contributed by atoms with Gasteiger partial charge < -0.3 is 43.0 Å². The first-order valence-corrected chi connectivity index (χ1v) is 24.6. The van der Waals surface area contributed by atoms with E-state index in [1.54, 1.807) is 26.8 Å². The first kappa shape index (κ1) is 59.3. The summed E-state index contributed by atoms with van der Waals surface area (Å²) in [6.45, 7) is 23.8. The normalized spacial score (nSPS) is 24.9. The number of rotatable bonds is 26. The predicted octanol–water partition coefficient (Wildman–Crippen LogP) is 8.94. The molecule has 1 N–H and O–H groups in total. The molecule has 2 aliphatic heterocycles. The van der Waals surface area contributed by atoms with E-state index in [9.17, 15) is 33.9 Å². The molecule has 2 saturated heterocycles. The first-order chi connectivity index (χ1) is 31.3. The van der Waals surface area contributed by atoms with Crippen molar-refractivity contribution in [2.45, 2.75) is 216 Å². The maximum atomic E-state index is 13.7. The number of carbonyl (C=O) groups is 6. The third kappa shape index (κ3) is 20.4. The van der Waals surface area contributed by atoms with E-state index in [-0.39, 0.29) is 73.2 Å². The number of hydrogen-bond acceptors (Lipinski definition) is 15. The van der Waals surface area contributed by atoms with E-state index in [2.05, 4.69) is 13.8 Å². The van der Waals surface area contributed by atoms with Gasteiger partial charge in [0.2, 0.25) is 0 Å². The Morgan fingerprint density at radius 1 is 0.701 bits per heavy atom. The molecule has 2 heterocycles. The molecule has 0 radical (unpaired) electrons. The molecule has 2 rings (SSSR count). The van der Waals surface area contributed by atoms with E-state index in [0.717, 1.165) is 12.0 Å². The van der Waals surface area contributed by atoms with Crippen LogP contribution in [0.5, 0.6) is 0 Å². The average Bonchev–Trinajstić information content (AvgIpc) is 3.23. The Labute approximate surface area is 401 Å². The summed E-state index contributed by atoms with van der Waals surface area (Å²) >= 11 is 0. The number of methoxy groups -OCH3 is 2. The third-order valence-corrected chi connectivity index (χ3v) is 12.7. The molecule has 0 bridgehead atoms. The summed E-state index contributed by atoms with van der Waals surface area (Å²) in [4.78, 5) is 77.2. The summed E-state index contributed by atoms with van der Waals surface area (Å²) in [5, 5.41) is 11.7. The monoisotopic (exact) mass is 951 g/mol. The molecule has 2 fully saturated rings. The lowest BCUT2D eigenvalue weighted by molar-refractivity contribution is -0.347. The Bertz CT molecular complexity index is 1670. The van der Waals surface area contributed by atoms with Gasteiger partial charge in [-0.15, -0.1) is 0 Å². The molecule has 384 valence electrons. The number of aliphatic hydroxyl groups excluding tert-OH is 1. The fraction of sp³-hybridized carbons (Fsp3) is 0.808. The maximum absolute atomic E-state index is 13.7. The van der Waals surface area contributed by atoms with Crippen molar-refractivity contribution in [3.05, 3.63) is 23.3 Å². The zero-order valence-electron chi connectivity index (χ0n) is 43.4. The summed E-state index contributed by atoms with van der Waals surface area (Å²) in [5.41, 5.74) is 1.06. The lowest BCUT2D eigenvalue weighted by Gasteiger charge is -2.52. The van der Waals surface area contributed by atoms with E-state index in [1.165, 1.54) is 21.1 Å². The number of esters is 6. The van der Waals surface area contributed by atoms with Crippen molar-refractivity contribution in [1.82, 2.24) is 0 Å². The van der Waals surface area contributed by atoms with Crippen molar-refractivity contribution >= 4 is 35.8 Å². The van der Waals surface area contributed by atoms with Gasteiger partial charge >= 0.3 is 35.8 Å². The van der Waals surface area contributed by atoms with E-state index in [0.29, 0.717) is 38.5 Å². The van der Waals surface area contributed by atoms with Crippen molar-refractivity contribution in [2.24, 2.45) is 41.4 Å². The number of hydrogen-bond donors (Lipinski definition) is 1. The topological polar surface area (TPSA) is 196 Å². The minimum atomic E-state index is -1.14. The Hall–Kier alpha value is -3.82. The molecule has 67 heavy (non-hydrogen) atoms. The predicted molar refractivity (Wildman–Crippen MR) is 252 cm³/mol. The van der Waals surface area contributed by atoms with Gasteiger partial charge in [0.25, 0.3) is 0 Å². The molecule has 15 heteroatoms. The minimum absolute atomic E-state index is 0.00306. The Morgan fingerprint density at radius 2 is 1.25 bits per heavy atom. The van der Waals surface area contributed by atoms with Crippen LogP contribution in [0.2, 0.25) is 0 Å². The number of ether oxygens (including phenoxy) is 8. The lowest BCUT2D eigenvalue weighted by atomic mass is 9.79. The van der Waals surface area contributed by atoms with E-state index < -0.39 is 90.2 Å². The van der Waals surface area contributed by atoms with Gasteiger partial charge in [0, 0.05) is 63.4 Å². The van der Waals surface area contributed by atoms with E-state index >= 15 is 0 Å². The quantitative estimate of drug-likeness (QED) is 0.0373. The zero-order valence-corrected chi connectivity index (χ0v) is 43.4. The zero-order chi connectivity index (χ0) is 50.8. The van der Waals surface area contributed by atoms with Crippen molar-refractivity contribution in [3.8, 4) is 0 Å². The summed E-state index contributed by atoms with van der Waals surface area (Å²) in [7, 11) is 2.65. The third-order valence-electron chi connectivity index (χ3n) is 12.7. The number of carbonyl (C=O) groups excluding carboxylic acids is 6. The van der Waals surface area contributed by atoms with Gasteiger partial charge in [0.15, 0.2) is 5.79 Å². The van der Waals surface area contributed by atoms with Gasteiger partial charge in [0.1, 0.15) is 30.5 Å². The van der Waals surface area contributed by atoms with Crippen LogP contribution in [-0.4, -0.2) is 104 Å². The molecule has 12 unspecified atom stereocenters. The van der Waals surface area contributed by atoms with E-state index in [1.807, 2.05) is 54.5 Å². The van der Waals surface area contributed by atoms with Crippen molar-refractivity contribution in [2.75, 3.05) is 14.2 Å².